The molecule has 0 atom stereocenters. The minimum absolute atomic E-state index is 0.0618. The molecule has 0 fully saturated rings. The van der Waals surface area contributed by atoms with Gasteiger partial charge in [-0.1, -0.05) is 11.6 Å². The summed E-state index contributed by atoms with van der Waals surface area (Å²) in [6, 6.07) is 1.54. The van der Waals surface area contributed by atoms with E-state index in [0.29, 0.717) is 17.4 Å². The second kappa shape index (κ2) is 4.74. The van der Waals surface area contributed by atoms with Crippen molar-refractivity contribution in [1.82, 2.24) is 19.3 Å². The van der Waals surface area contributed by atoms with Crippen LogP contribution in [0.15, 0.2) is 23.6 Å². The Morgan fingerprint density at radius 1 is 1.44 bits per heavy atom. The summed E-state index contributed by atoms with van der Waals surface area (Å²) >= 11 is 5.83. The van der Waals surface area contributed by atoms with E-state index < -0.39 is 9.84 Å². The van der Waals surface area contributed by atoms with Crippen molar-refractivity contribution in [2.45, 2.75) is 24.4 Å². The monoisotopic (exact) mass is 288 g/mol. The Kier molecular flexibility index (Phi) is 3.45. The quantitative estimate of drug-likeness (QED) is 0.849. The van der Waals surface area contributed by atoms with Gasteiger partial charge in [0.25, 0.3) is 0 Å². The number of rotatable bonds is 4. The average molecular weight is 289 g/mol. The molecule has 0 spiro atoms. The van der Waals surface area contributed by atoms with Gasteiger partial charge in [0.15, 0.2) is 0 Å². The second-order valence-electron chi connectivity index (χ2n) is 3.84. The second-order valence-corrected chi connectivity index (χ2v) is 6.11. The average Bonchev–Trinajstić information content (AvgIpc) is 2.86. The summed E-state index contributed by atoms with van der Waals surface area (Å²) in [5.41, 5.74) is 0.410. The maximum Gasteiger partial charge on any atom is 0.228 e. The molecular weight excluding hydrogens is 276 g/mol. The molecule has 2 aromatic rings. The van der Waals surface area contributed by atoms with Gasteiger partial charge in [-0.3, -0.25) is 4.68 Å². The van der Waals surface area contributed by atoms with Gasteiger partial charge in [0.1, 0.15) is 10.9 Å². The van der Waals surface area contributed by atoms with Gasteiger partial charge in [0, 0.05) is 26.0 Å². The van der Waals surface area contributed by atoms with Gasteiger partial charge < -0.3 is 4.57 Å². The third kappa shape index (κ3) is 2.41. The van der Waals surface area contributed by atoms with Gasteiger partial charge >= 0.3 is 0 Å². The number of imidazole rings is 1. The van der Waals surface area contributed by atoms with E-state index in [9.17, 15) is 8.42 Å². The Morgan fingerprint density at radius 3 is 2.72 bits per heavy atom. The predicted molar refractivity (Wildman–Crippen MR) is 67.0 cm³/mol. The Morgan fingerprint density at radius 2 is 2.17 bits per heavy atom. The lowest BCUT2D eigenvalue weighted by Gasteiger charge is -2.04. The highest BCUT2D eigenvalue weighted by Crippen LogP contribution is 2.16. The Balaban J connectivity index is 2.33. The van der Waals surface area contributed by atoms with Crippen LogP contribution >= 0.6 is 11.6 Å². The zero-order valence-electron chi connectivity index (χ0n) is 10.0. The Hall–Kier alpha value is -1.34. The minimum Gasteiger partial charge on any atom is -0.322 e. The van der Waals surface area contributed by atoms with Crippen molar-refractivity contribution in [3.8, 4) is 0 Å². The molecule has 2 rings (SSSR count). The summed E-state index contributed by atoms with van der Waals surface area (Å²) in [5, 5.41) is 4.49. The molecule has 0 aliphatic carbocycles. The molecule has 2 aromatic heterocycles. The first-order valence-electron chi connectivity index (χ1n) is 5.36. The molecule has 8 heteroatoms. The van der Waals surface area contributed by atoms with Crippen LogP contribution in [0.25, 0.3) is 0 Å². The van der Waals surface area contributed by atoms with Crippen LogP contribution < -0.4 is 0 Å². The van der Waals surface area contributed by atoms with E-state index in [4.69, 9.17) is 11.6 Å². The number of hydrogen-bond donors (Lipinski definition) is 0. The first-order chi connectivity index (χ1) is 8.44. The largest absolute Gasteiger partial charge is 0.322 e. The molecule has 98 valence electrons. The summed E-state index contributed by atoms with van der Waals surface area (Å²) < 4.78 is 27.4. The lowest BCUT2D eigenvalue weighted by Crippen LogP contribution is -2.12. The first kappa shape index (κ1) is 13.1. The van der Waals surface area contributed by atoms with Gasteiger partial charge in [0.2, 0.25) is 15.0 Å². The van der Waals surface area contributed by atoms with Crippen LogP contribution in [0.5, 0.6) is 0 Å². The molecule has 0 amide bonds. The van der Waals surface area contributed by atoms with E-state index in [1.54, 1.807) is 23.9 Å². The molecule has 0 aliphatic rings. The molecular formula is C10H13ClN4O2S. The van der Waals surface area contributed by atoms with Crippen LogP contribution in [-0.2, 0) is 29.2 Å². The normalized spacial score (nSPS) is 11.9. The summed E-state index contributed by atoms with van der Waals surface area (Å²) in [6.45, 7) is 2.41. The zero-order valence-corrected chi connectivity index (χ0v) is 11.6. The van der Waals surface area contributed by atoms with Gasteiger partial charge in [-0.2, -0.15) is 5.10 Å². The minimum atomic E-state index is -3.50. The van der Waals surface area contributed by atoms with Crippen molar-refractivity contribution in [3.05, 3.63) is 29.3 Å². The SMILES string of the molecule is CCn1ccnc1S(=O)(=O)Cc1cc(Cl)n(C)n1. The van der Waals surface area contributed by atoms with Gasteiger partial charge in [-0.15, -0.1) is 0 Å². The summed E-state index contributed by atoms with van der Waals surface area (Å²) in [4.78, 5) is 3.89. The molecule has 0 aromatic carbocycles. The molecule has 0 N–H and O–H groups in total. The van der Waals surface area contributed by atoms with Crippen LogP contribution in [0.2, 0.25) is 5.15 Å². The molecule has 0 saturated heterocycles. The molecule has 0 unspecified atom stereocenters. The van der Waals surface area contributed by atoms with Crippen LogP contribution in [0.3, 0.4) is 0 Å². The molecule has 0 saturated carbocycles. The smallest absolute Gasteiger partial charge is 0.228 e. The molecule has 2 heterocycles. The van der Waals surface area contributed by atoms with E-state index in [2.05, 4.69) is 10.1 Å². The maximum atomic E-state index is 12.2. The number of nitrogens with zero attached hydrogens (tertiary/aromatic N) is 4. The highest BCUT2D eigenvalue weighted by atomic mass is 35.5. The van der Waals surface area contributed by atoms with Crippen molar-refractivity contribution >= 4 is 21.4 Å². The van der Waals surface area contributed by atoms with Crippen molar-refractivity contribution in [3.63, 3.8) is 0 Å². The first-order valence-corrected chi connectivity index (χ1v) is 7.39. The third-order valence-electron chi connectivity index (χ3n) is 2.51. The fourth-order valence-electron chi connectivity index (χ4n) is 1.65. The lowest BCUT2D eigenvalue weighted by molar-refractivity contribution is 0.567. The summed E-state index contributed by atoms with van der Waals surface area (Å²) in [7, 11) is -1.84. The molecule has 0 aliphatic heterocycles. The standard InChI is InChI=1S/C10H13ClN4O2S/c1-3-15-5-4-12-10(15)18(16,17)7-8-6-9(11)14(2)13-8/h4-6H,3,7H2,1-2H3. The lowest BCUT2D eigenvalue weighted by atomic mass is 10.5. The molecule has 0 radical (unpaired) electrons. The van der Waals surface area contributed by atoms with Gasteiger partial charge in [0.05, 0.1) is 5.69 Å². The van der Waals surface area contributed by atoms with E-state index in [1.165, 1.54) is 10.9 Å². The Labute approximate surface area is 110 Å². The summed E-state index contributed by atoms with van der Waals surface area (Å²) in [5.74, 6) is -0.204. The topological polar surface area (TPSA) is 69.8 Å². The van der Waals surface area contributed by atoms with E-state index in [-0.39, 0.29) is 10.9 Å². The Bertz CT molecular complexity index is 640. The van der Waals surface area contributed by atoms with Crippen LogP contribution in [0.1, 0.15) is 12.6 Å². The van der Waals surface area contributed by atoms with E-state index in [0.717, 1.165) is 0 Å². The molecule has 18 heavy (non-hydrogen) atoms. The van der Waals surface area contributed by atoms with Crippen molar-refractivity contribution in [1.29, 1.82) is 0 Å². The number of hydrogen-bond acceptors (Lipinski definition) is 4. The van der Waals surface area contributed by atoms with E-state index in [1.807, 2.05) is 6.92 Å². The maximum absolute atomic E-state index is 12.2. The highest BCUT2D eigenvalue weighted by molar-refractivity contribution is 7.90. The number of aryl methyl sites for hydroxylation is 2. The number of sulfone groups is 1. The van der Waals surface area contributed by atoms with Gasteiger partial charge in [-0.05, 0) is 13.0 Å². The van der Waals surface area contributed by atoms with Crippen molar-refractivity contribution < 1.29 is 8.42 Å². The zero-order chi connectivity index (χ0) is 13.3. The van der Waals surface area contributed by atoms with Crippen molar-refractivity contribution in [2.24, 2.45) is 7.05 Å². The van der Waals surface area contributed by atoms with Crippen molar-refractivity contribution in [2.75, 3.05) is 0 Å². The van der Waals surface area contributed by atoms with Crippen LogP contribution in [-0.4, -0.2) is 27.7 Å². The van der Waals surface area contributed by atoms with Gasteiger partial charge in [-0.25, -0.2) is 13.4 Å². The molecule has 6 nitrogen and oxygen atoms in total. The number of halogens is 1. The third-order valence-corrected chi connectivity index (χ3v) is 4.43. The molecule has 0 bridgehead atoms. The van der Waals surface area contributed by atoms with E-state index >= 15 is 0 Å². The fraction of sp³-hybridized carbons (Fsp3) is 0.400. The fourth-order valence-corrected chi connectivity index (χ4v) is 3.24. The van der Waals surface area contributed by atoms with Crippen LogP contribution in [0.4, 0.5) is 0 Å². The van der Waals surface area contributed by atoms with Crippen LogP contribution in [0, 0.1) is 0 Å². The predicted octanol–water partition coefficient (Wildman–Crippen LogP) is 1.26. The number of aromatic nitrogens is 4. The highest BCUT2D eigenvalue weighted by Gasteiger charge is 2.22. The summed E-state index contributed by atoms with van der Waals surface area (Å²) in [6.07, 6.45) is 3.11.